The standard InChI is InChI=1S/C21H19FN6/c22-18-6-4-16(5-7-18)19-13-20(25-9-2-11-28-12-10-24-15-28)27-21(26-19)17-3-1-8-23-14-17/h1,3-8,10,12-15H,2,9,11H2,(H,25,26,27). The molecule has 1 aromatic carbocycles. The van der Waals surface area contributed by atoms with Crippen molar-refractivity contribution in [2.75, 3.05) is 11.9 Å². The van der Waals surface area contributed by atoms with Gasteiger partial charge in [-0.2, -0.15) is 0 Å². The first-order chi connectivity index (χ1) is 13.8. The third kappa shape index (κ3) is 4.37. The predicted molar refractivity (Wildman–Crippen MR) is 106 cm³/mol. The summed E-state index contributed by atoms with van der Waals surface area (Å²) in [4.78, 5) is 17.5. The Morgan fingerprint density at radius 3 is 2.61 bits per heavy atom. The van der Waals surface area contributed by atoms with Crippen molar-refractivity contribution in [2.45, 2.75) is 13.0 Å². The van der Waals surface area contributed by atoms with E-state index in [1.807, 2.05) is 29.0 Å². The van der Waals surface area contributed by atoms with Crippen molar-refractivity contribution in [1.29, 1.82) is 0 Å². The van der Waals surface area contributed by atoms with Gasteiger partial charge in [0.25, 0.3) is 0 Å². The van der Waals surface area contributed by atoms with Gasteiger partial charge >= 0.3 is 0 Å². The molecular weight excluding hydrogens is 355 g/mol. The van der Waals surface area contributed by atoms with Crippen LogP contribution in [0.2, 0.25) is 0 Å². The summed E-state index contributed by atoms with van der Waals surface area (Å²) in [6.07, 6.45) is 9.88. The normalized spacial score (nSPS) is 10.8. The summed E-state index contributed by atoms with van der Waals surface area (Å²) in [7, 11) is 0. The van der Waals surface area contributed by atoms with Crippen LogP contribution in [0.3, 0.4) is 0 Å². The minimum Gasteiger partial charge on any atom is -0.370 e. The molecule has 28 heavy (non-hydrogen) atoms. The number of aromatic nitrogens is 5. The largest absolute Gasteiger partial charge is 0.370 e. The van der Waals surface area contributed by atoms with Crippen LogP contribution in [0.4, 0.5) is 10.2 Å². The van der Waals surface area contributed by atoms with E-state index in [2.05, 4.69) is 25.3 Å². The van der Waals surface area contributed by atoms with Gasteiger partial charge in [0.05, 0.1) is 12.0 Å². The molecular formula is C21H19FN6. The first kappa shape index (κ1) is 17.8. The van der Waals surface area contributed by atoms with Crippen LogP contribution in [-0.4, -0.2) is 31.0 Å². The summed E-state index contributed by atoms with van der Waals surface area (Å²) in [6.45, 7) is 1.63. The van der Waals surface area contributed by atoms with Gasteiger partial charge in [0.1, 0.15) is 11.6 Å². The zero-order valence-corrected chi connectivity index (χ0v) is 15.2. The van der Waals surface area contributed by atoms with Gasteiger partial charge in [-0.25, -0.2) is 19.3 Å². The zero-order chi connectivity index (χ0) is 19.2. The molecule has 4 rings (SSSR count). The van der Waals surface area contributed by atoms with Gasteiger partial charge in [0.15, 0.2) is 5.82 Å². The van der Waals surface area contributed by atoms with E-state index < -0.39 is 0 Å². The molecule has 0 aliphatic heterocycles. The van der Waals surface area contributed by atoms with Crippen LogP contribution < -0.4 is 5.32 Å². The number of halogens is 1. The molecule has 7 heteroatoms. The van der Waals surface area contributed by atoms with Crippen LogP contribution >= 0.6 is 0 Å². The molecule has 1 N–H and O–H groups in total. The topological polar surface area (TPSA) is 68.5 Å². The SMILES string of the molecule is Fc1ccc(-c2cc(NCCCn3ccnc3)nc(-c3cccnc3)n2)cc1. The lowest BCUT2D eigenvalue weighted by atomic mass is 10.1. The van der Waals surface area contributed by atoms with Gasteiger partial charge in [-0.15, -0.1) is 0 Å². The fraction of sp³-hybridized carbons (Fsp3) is 0.143. The van der Waals surface area contributed by atoms with Crippen molar-refractivity contribution >= 4 is 5.82 Å². The third-order valence-corrected chi connectivity index (χ3v) is 4.24. The van der Waals surface area contributed by atoms with Crippen molar-refractivity contribution in [3.8, 4) is 22.6 Å². The molecule has 3 heterocycles. The molecule has 0 unspecified atom stereocenters. The van der Waals surface area contributed by atoms with Crippen molar-refractivity contribution in [2.24, 2.45) is 0 Å². The minimum absolute atomic E-state index is 0.275. The number of anilines is 1. The van der Waals surface area contributed by atoms with Crippen LogP contribution in [0.25, 0.3) is 22.6 Å². The van der Waals surface area contributed by atoms with Crippen molar-refractivity contribution < 1.29 is 4.39 Å². The first-order valence-electron chi connectivity index (χ1n) is 9.03. The molecule has 0 saturated carbocycles. The summed E-state index contributed by atoms with van der Waals surface area (Å²) < 4.78 is 15.3. The Morgan fingerprint density at radius 2 is 1.86 bits per heavy atom. The molecule has 0 radical (unpaired) electrons. The van der Waals surface area contributed by atoms with E-state index in [0.717, 1.165) is 42.1 Å². The Morgan fingerprint density at radius 1 is 0.964 bits per heavy atom. The highest BCUT2D eigenvalue weighted by molar-refractivity contribution is 5.67. The molecule has 0 saturated heterocycles. The van der Waals surface area contributed by atoms with Crippen molar-refractivity contribution in [3.63, 3.8) is 0 Å². The number of hydrogen-bond acceptors (Lipinski definition) is 5. The summed E-state index contributed by atoms with van der Waals surface area (Å²) in [5, 5.41) is 3.36. The molecule has 0 bridgehead atoms. The van der Waals surface area contributed by atoms with Gasteiger partial charge in [-0.3, -0.25) is 4.98 Å². The summed E-state index contributed by atoms with van der Waals surface area (Å²) in [6, 6.07) is 11.9. The second-order valence-electron chi connectivity index (χ2n) is 6.29. The fourth-order valence-electron chi connectivity index (χ4n) is 2.83. The highest BCUT2D eigenvalue weighted by Crippen LogP contribution is 2.24. The highest BCUT2D eigenvalue weighted by atomic mass is 19.1. The van der Waals surface area contributed by atoms with Crippen LogP contribution in [0.5, 0.6) is 0 Å². The maximum Gasteiger partial charge on any atom is 0.163 e. The number of hydrogen-bond donors (Lipinski definition) is 1. The maximum absolute atomic E-state index is 13.3. The second kappa shape index (κ2) is 8.39. The Bertz CT molecular complexity index is 1020. The Labute approximate surface area is 162 Å². The summed E-state index contributed by atoms with van der Waals surface area (Å²) >= 11 is 0. The van der Waals surface area contributed by atoms with E-state index in [9.17, 15) is 4.39 Å². The van der Waals surface area contributed by atoms with Crippen LogP contribution in [0.1, 0.15) is 6.42 Å². The quantitative estimate of drug-likeness (QED) is 0.495. The maximum atomic E-state index is 13.3. The number of nitrogens with one attached hydrogen (secondary N) is 1. The molecule has 3 aromatic heterocycles. The Kier molecular flexibility index (Phi) is 5.33. The lowest BCUT2D eigenvalue weighted by Crippen LogP contribution is -2.08. The molecule has 140 valence electrons. The van der Waals surface area contributed by atoms with Gasteiger partial charge < -0.3 is 9.88 Å². The number of pyridine rings is 1. The number of benzene rings is 1. The molecule has 6 nitrogen and oxygen atoms in total. The van der Waals surface area contributed by atoms with Gasteiger partial charge in [-0.05, 0) is 42.8 Å². The second-order valence-corrected chi connectivity index (χ2v) is 6.29. The summed E-state index contributed by atoms with van der Waals surface area (Å²) in [5.74, 6) is 1.02. The molecule has 0 aliphatic rings. The monoisotopic (exact) mass is 374 g/mol. The number of imidazole rings is 1. The average molecular weight is 374 g/mol. The third-order valence-electron chi connectivity index (χ3n) is 4.24. The number of rotatable bonds is 7. The zero-order valence-electron chi connectivity index (χ0n) is 15.2. The van der Waals surface area contributed by atoms with Gasteiger partial charge in [-0.1, -0.05) is 0 Å². The molecule has 0 fully saturated rings. The fourth-order valence-corrected chi connectivity index (χ4v) is 2.83. The predicted octanol–water partition coefficient (Wildman–Crippen LogP) is 4.04. The molecule has 0 spiro atoms. The van der Waals surface area contributed by atoms with E-state index >= 15 is 0 Å². The van der Waals surface area contributed by atoms with Gasteiger partial charge in [0, 0.05) is 55.1 Å². The average Bonchev–Trinajstić information content (AvgIpc) is 3.26. The molecule has 0 aliphatic carbocycles. The molecule has 0 atom stereocenters. The van der Waals surface area contributed by atoms with Crippen LogP contribution in [-0.2, 0) is 6.54 Å². The van der Waals surface area contributed by atoms with Crippen molar-refractivity contribution in [1.82, 2.24) is 24.5 Å². The summed E-state index contributed by atoms with van der Waals surface area (Å²) in [5.41, 5.74) is 2.38. The Hall–Kier alpha value is -3.61. The van der Waals surface area contributed by atoms with E-state index in [4.69, 9.17) is 0 Å². The minimum atomic E-state index is -0.275. The smallest absolute Gasteiger partial charge is 0.163 e. The van der Waals surface area contributed by atoms with E-state index in [0.29, 0.717) is 5.82 Å². The number of nitrogens with zero attached hydrogens (tertiary/aromatic N) is 5. The first-order valence-corrected chi connectivity index (χ1v) is 9.03. The lowest BCUT2D eigenvalue weighted by molar-refractivity contribution is 0.628. The Balaban J connectivity index is 1.57. The van der Waals surface area contributed by atoms with E-state index in [1.165, 1.54) is 12.1 Å². The van der Waals surface area contributed by atoms with Crippen LogP contribution in [0, 0.1) is 5.82 Å². The number of aryl methyl sites for hydroxylation is 1. The molecule has 0 amide bonds. The van der Waals surface area contributed by atoms with Gasteiger partial charge in [0.2, 0.25) is 0 Å². The molecule has 4 aromatic rings. The van der Waals surface area contributed by atoms with Crippen LogP contribution in [0.15, 0.2) is 73.6 Å². The highest BCUT2D eigenvalue weighted by Gasteiger charge is 2.09. The van der Waals surface area contributed by atoms with Crippen molar-refractivity contribution in [3.05, 3.63) is 79.4 Å². The lowest BCUT2D eigenvalue weighted by Gasteiger charge is -2.11. The van der Waals surface area contributed by atoms with E-state index in [1.54, 1.807) is 37.1 Å². The van der Waals surface area contributed by atoms with E-state index in [-0.39, 0.29) is 5.82 Å².